The van der Waals surface area contributed by atoms with Crippen molar-refractivity contribution in [1.29, 1.82) is 0 Å². The highest BCUT2D eigenvalue weighted by molar-refractivity contribution is 5.76. The topological polar surface area (TPSA) is 42.7 Å². The third-order valence-electron chi connectivity index (χ3n) is 4.42. The number of ether oxygens (including phenoxy) is 1. The Morgan fingerprint density at radius 3 is 2.73 bits per heavy atom. The number of aromatic nitrogens is 3. The van der Waals surface area contributed by atoms with Gasteiger partial charge in [0.1, 0.15) is 0 Å². The number of nitrogens with zero attached hydrogens (tertiary/aromatic N) is 4. The molecule has 1 aromatic carbocycles. The van der Waals surface area contributed by atoms with Crippen molar-refractivity contribution in [3.63, 3.8) is 0 Å². The predicted octanol–water partition coefficient (Wildman–Crippen LogP) is 3.16. The minimum atomic E-state index is -4.34. The van der Waals surface area contributed by atoms with E-state index < -0.39 is 12.3 Å². The predicted molar refractivity (Wildman–Crippen MR) is 89.5 cm³/mol. The summed E-state index contributed by atoms with van der Waals surface area (Å²) >= 11 is 0. The molecule has 0 spiro atoms. The van der Waals surface area contributed by atoms with Crippen molar-refractivity contribution in [2.45, 2.75) is 18.8 Å². The monoisotopic (exact) mass is 362 g/mol. The molecular formula is C18H17F3N4O. The first-order valence-electron chi connectivity index (χ1n) is 8.29. The molecule has 2 aromatic heterocycles. The van der Waals surface area contributed by atoms with Gasteiger partial charge in [-0.3, -0.25) is 4.90 Å². The second-order valence-corrected chi connectivity index (χ2v) is 6.29. The van der Waals surface area contributed by atoms with Gasteiger partial charge in [-0.1, -0.05) is 30.3 Å². The first-order valence-corrected chi connectivity index (χ1v) is 8.29. The molecule has 0 saturated carbocycles. The normalized spacial score (nSPS) is 19.1. The van der Waals surface area contributed by atoms with E-state index in [0.717, 1.165) is 22.3 Å². The van der Waals surface area contributed by atoms with Gasteiger partial charge in [0.05, 0.1) is 12.8 Å². The Morgan fingerprint density at radius 2 is 1.96 bits per heavy atom. The molecule has 1 fully saturated rings. The zero-order valence-corrected chi connectivity index (χ0v) is 13.9. The van der Waals surface area contributed by atoms with Crippen LogP contribution in [0.3, 0.4) is 0 Å². The summed E-state index contributed by atoms with van der Waals surface area (Å²) in [5.41, 5.74) is 3.46. The standard InChI is InChI=1S/C18H17F3N4O/c19-18(20,21)16-12-24(6-7-26-16)10-13-8-22-17-15(9-23-25(17)11-13)14-4-2-1-3-5-14/h1-5,8-9,11,16H,6-7,10,12H2/t16-/m1/s1. The van der Waals surface area contributed by atoms with Gasteiger partial charge in [0.25, 0.3) is 0 Å². The molecule has 0 aliphatic carbocycles. The average Bonchev–Trinajstić information content (AvgIpc) is 3.05. The van der Waals surface area contributed by atoms with E-state index in [0.29, 0.717) is 13.1 Å². The Balaban J connectivity index is 1.53. The van der Waals surface area contributed by atoms with Crippen molar-refractivity contribution in [2.24, 2.45) is 0 Å². The van der Waals surface area contributed by atoms with Gasteiger partial charge in [0, 0.05) is 43.2 Å². The van der Waals surface area contributed by atoms with Gasteiger partial charge >= 0.3 is 6.18 Å². The highest BCUT2D eigenvalue weighted by Crippen LogP contribution is 2.27. The summed E-state index contributed by atoms with van der Waals surface area (Å²) in [5, 5.41) is 4.33. The zero-order valence-electron chi connectivity index (χ0n) is 13.9. The molecule has 1 aliphatic rings. The summed E-state index contributed by atoms with van der Waals surface area (Å²) in [6.45, 7) is 0.730. The number of hydrogen-bond acceptors (Lipinski definition) is 4. The summed E-state index contributed by atoms with van der Waals surface area (Å²) in [4.78, 5) is 6.20. The molecule has 4 rings (SSSR count). The summed E-state index contributed by atoms with van der Waals surface area (Å²) in [5.74, 6) is 0. The molecule has 1 aliphatic heterocycles. The summed E-state index contributed by atoms with van der Waals surface area (Å²) in [6.07, 6.45) is -0.820. The van der Waals surface area contributed by atoms with Gasteiger partial charge in [-0.05, 0) is 5.56 Å². The van der Waals surface area contributed by atoms with Crippen molar-refractivity contribution < 1.29 is 17.9 Å². The van der Waals surface area contributed by atoms with Crippen LogP contribution in [0.15, 0.2) is 48.9 Å². The van der Waals surface area contributed by atoms with E-state index in [1.807, 2.05) is 36.5 Å². The molecule has 8 heteroatoms. The molecule has 3 aromatic rings. The van der Waals surface area contributed by atoms with Crippen molar-refractivity contribution in [3.05, 3.63) is 54.5 Å². The second-order valence-electron chi connectivity index (χ2n) is 6.29. The molecule has 0 unspecified atom stereocenters. The Bertz CT molecular complexity index is 894. The Hall–Kier alpha value is -2.45. The number of hydrogen-bond donors (Lipinski definition) is 0. The second kappa shape index (κ2) is 6.69. The maximum Gasteiger partial charge on any atom is 0.415 e. The molecule has 0 bridgehead atoms. The van der Waals surface area contributed by atoms with Crippen molar-refractivity contribution in [1.82, 2.24) is 19.5 Å². The average molecular weight is 362 g/mol. The number of halogens is 3. The van der Waals surface area contributed by atoms with Crippen LogP contribution in [0, 0.1) is 0 Å². The minimum absolute atomic E-state index is 0.0692. The van der Waals surface area contributed by atoms with E-state index in [1.54, 1.807) is 21.8 Å². The number of morpholine rings is 1. The van der Waals surface area contributed by atoms with E-state index in [-0.39, 0.29) is 13.2 Å². The van der Waals surface area contributed by atoms with Crippen LogP contribution in [-0.2, 0) is 11.3 Å². The van der Waals surface area contributed by atoms with Crippen molar-refractivity contribution >= 4 is 5.65 Å². The molecule has 3 heterocycles. The fraction of sp³-hybridized carbons (Fsp3) is 0.333. The molecule has 0 N–H and O–H groups in total. The summed E-state index contributed by atoms with van der Waals surface area (Å²) in [6, 6.07) is 9.80. The quantitative estimate of drug-likeness (QED) is 0.718. The fourth-order valence-electron chi connectivity index (χ4n) is 3.12. The number of benzene rings is 1. The molecule has 1 saturated heterocycles. The van der Waals surface area contributed by atoms with Crippen molar-refractivity contribution in [3.8, 4) is 11.1 Å². The van der Waals surface area contributed by atoms with Crippen LogP contribution in [0.1, 0.15) is 5.56 Å². The molecule has 0 amide bonds. The van der Waals surface area contributed by atoms with Crippen LogP contribution < -0.4 is 0 Å². The summed E-state index contributed by atoms with van der Waals surface area (Å²) in [7, 11) is 0. The Kier molecular flexibility index (Phi) is 4.37. The molecule has 5 nitrogen and oxygen atoms in total. The Labute approximate surface area is 148 Å². The first-order chi connectivity index (χ1) is 12.5. The molecule has 26 heavy (non-hydrogen) atoms. The third-order valence-corrected chi connectivity index (χ3v) is 4.42. The van der Waals surface area contributed by atoms with Crippen LogP contribution in [-0.4, -0.2) is 51.5 Å². The molecule has 0 radical (unpaired) electrons. The minimum Gasteiger partial charge on any atom is -0.366 e. The number of fused-ring (bicyclic) bond motifs is 1. The van der Waals surface area contributed by atoms with Crippen LogP contribution in [0.5, 0.6) is 0 Å². The van der Waals surface area contributed by atoms with E-state index in [4.69, 9.17) is 4.74 Å². The molecular weight excluding hydrogens is 345 g/mol. The lowest BCUT2D eigenvalue weighted by molar-refractivity contribution is -0.237. The zero-order chi connectivity index (χ0) is 18.1. The van der Waals surface area contributed by atoms with Crippen LogP contribution in [0.25, 0.3) is 16.8 Å². The number of rotatable bonds is 3. The van der Waals surface area contributed by atoms with Gasteiger partial charge in [0.2, 0.25) is 0 Å². The highest BCUT2D eigenvalue weighted by Gasteiger charge is 2.43. The van der Waals surface area contributed by atoms with E-state index >= 15 is 0 Å². The van der Waals surface area contributed by atoms with E-state index in [2.05, 4.69) is 10.1 Å². The lowest BCUT2D eigenvalue weighted by Gasteiger charge is -2.33. The van der Waals surface area contributed by atoms with Crippen LogP contribution >= 0.6 is 0 Å². The molecule has 136 valence electrons. The maximum atomic E-state index is 12.8. The largest absolute Gasteiger partial charge is 0.415 e. The maximum absolute atomic E-state index is 12.8. The molecule has 1 atom stereocenters. The lowest BCUT2D eigenvalue weighted by atomic mass is 10.1. The SMILES string of the molecule is FC(F)(F)[C@H]1CN(Cc2cnc3c(-c4ccccc4)cnn3c2)CCO1. The van der Waals surface area contributed by atoms with Crippen molar-refractivity contribution in [2.75, 3.05) is 19.7 Å². The smallest absolute Gasteiger partial charge is 0.366 e. The van der Waals surface area contributed by atoms with Crippen LogP contribution in [0.2, 0.25) is 0 Å². The highest BCUT2D eigenvalue weighted by atomic mass is 19.4. The Morgan fingerprint density at radius 1 is 1.15 bits per heavy atom. The van der Waals surface area contributed by atoms with Gasteiger partial charge < -0.3 is 4.74 Å². The fourth-order valence-corrected chi connectivity index (χ4v) is 3.12. The van der Waals surface area contributed by atoms with Gasteiger partial charge in [-0.2, -0.15) is 18.3 Å². The first kappa shape index (κ1) is 17.0. The van der Waals surface area contributed by atoms with Crippen LogP contribution in [0.4, 0.5) is 13.2 Å². The van der Waals surface area contributed by atoms with Gasteiger partial charge in [0.15, 0.2) is 11.8 Å². The van der Waals surface area contributed by atoms with E-state index in [1.165, 1.54) is 0 Å². The van der Waals surface area contributed by atoms with Gasteiger partial charge in [-0.25, -0.2) is 9.50 Å². The lowest BCUT2D eigenvalue weighted by Crippen LogP contribution is -2.48. The van der Waals surface area contributed by atoms with Gasteiger partial charge in [-0.15, -0.1) is 0 Å². The number of alkyl halides is 3. The van der Waals surface area contributed by atoms with E-state index in [9.17, 15) is 13.2 Å². The third kappa shape index (κ3) is 3.42. The summed E-state index contributed by atoms with van der Waals surface area (Å²) < 4.78 is 45.0.